The number of hydrogen-bond donors (Lipinski definition) is 2. The van der Waals surface area contributed by atoms with Gasteiger partial charge >= 0.3 is 5.97 Å². The van der Waals surface area contributed by atoms with Crippen LogP contribution in [0.25, 0.3) is 0 Å². The number of anilines is 1. The molecule has 4 nitrogen and oxygen atoms in total. The Kier molecular flexibility index (Phi) is 14.0. The van der Waals surface area contributed by atoms with Gasteiger partial charge in [-0.3, -0.25) is 0 Å². The van der Waals surface area contributed by atoms with E-state index in [1.54, 1.807) is 18.0 Å². The molecule has 1 unspecified atom stereocenters. The number of nitrogens with zero attached hydrogens (tertiary/aromatic N) is 1. The fourth-order valence-electron chi connectivity index (χ4n) is 2.85. The number of carboxylic acid groups (broad SMARTS) is 1. The lowest BCUT2D eigenvalue weighted by Crippen LogP contribution is -2.31. The van der Waals surface area contributed by atoms with Crippen molar-refractivity contribution in [2.24, 2.45) is 0 Å². The van der Waals surface area contributed by atoms with Gasteiger partial charge in [0.25, 0.3) is 0 Å². The Morgan fingerprint density at radius 2 is 1.61 bits per heavy atom. The van der Waals surface area contributed by atoms with Crippen molar-refractivity contribution in [3.05, 3.63) is 57.5 Å². The average molecular weight is 463 g/mol. The van der Waals surface area contributed by atoms with Crippen molar-refractivity contribution in [1.29, 1.82) is 0 Å². The molecule has 6 heteroatoms. The predicted octanol–water partition coefficient (Wildman–Crippen LogP) is 7.84. The van der Waals surface area contributed by atoms with E-state index < -0.39 is 12.0 Å². The van der Waals surface area contributed by atoms with Crippen molar-refractivity contribution in [3.63, 3.8) is 0 Å². The van der Waals surface area contributed by atoms with Crippen LogP contribution in [-0.2, 0) is 4.79 Å². The molecule has 1 rings (SSSR count). The number of carbonyl (C=O) groups is 1. The highest BCUT2D eigenvalue weighted by atomic mass is 32.2. The molecule has 1 atom stereocenters. The van der Waals surface area contributed by atoms with Crippen molar-refractivity contribution in [1.82, 2.24) is 4.98 Å². The minimum atomic E-state index is -0.853. The van der Waals surface area contributed by atoms with Gasteiger partial charge in [0.2, 0.25) is 0 Å². The molecule has 31 heavy (non-hydrogen) atoms. The molecule has 1 aromatic heterocycles. The molecule has 0 aliphatic heterocycles. The molecule has 2 N–H and O–H groups in total. The van der Waals surface area contributed by atoms with E-state index in [-0.39, 0.29) is 0 Å². The average Bonchev–Trinajstić information content (AvgIpc) is 3.20. The standard InChI is InChI=1S/C25H38N2O2S2/c1-19(2)9-6-10-20(3)11-7-12-21(4)13-8-14-22(5)17-30-18-23(24(28)29)27-25-26-15-16-31-25/h9,11,13,15-17,23H,6-8,10,12,14,18H2,1-5H3,(H,26,27)(H,28,29). The number of thioether (sulfide) groups is 1. The summed E-state index contributed by atoms with van der Waals surface area (Å²) in [5.74, 6) is -0.381. The van der Waals surface area contributed by atoms with Gasteiger partial charge in [-0.25, -0.2) is 9.78 Å². The van der Waals surface area contributed by atoms with E-state index in [0.29, 0.717) is 10.9 Å². The highest BCUT2D eigenvalue weighted by Crippen LogP contribution is 2.18. The summed E-state index contributed by atoms with van der Waals surface area (Å²) in [6.07, 6.45) is 15.2. The highest BCUT2D eigenvalue weighted by Gasteiger charge is 2.17. The minimum absolute atomic E-state index is 0.473. The fourth-order valence-corrected chi connectivity index (χ4v) is 4.35. The Morgan fingerprint density at radius 3 is 2.13 bits per heavy atom. The first-order valence-electron chi connectivity index (χ1n) is 10.9. The number of aromatic nitrogens is 1. The van der Waals surface area contributed by atoms with Crippen molar-refractivity contribution in [2.75, 3.05) is 11.1 Å². The Labute approximate surface area is 196 Å². The van der Waals surface area contributed by atoms with E-state index in [4.69, 9.17) is 0 Å². The summed E-state index contributed by atoms with van der Waals surface area (Å²) < 4.78 is 0. The molecule has 0 aliphatic rings. The van der Waals surface area contributed by atoms with Gasteiger partial charge in [-0.05, 0) is 78.6 Å². The first-order valence-corrected chi connectivity index (χ1v) is 12.8. The molecule has 0 bridgehead atoms. The van der Waals surface area contributed by atoms with Crippen LogP contribution in [0.2, 0.25) is 0 Å². The van der Waals surface area contributed by atoms with E-state index in [9.17, 15) is 9.90 Å². The van der Waals surface area contributed by atoms with Gasteiger partial charge in [0.05, 0.1) is 0 Å². The zero-order chi connectivity index (χ0) is 23.1. The van der Waals surface area contributed by atoms with Crippen LogP contribution < -0.4 is 5.32 Å². The quantitative estimate of drug-likeness (QED) is 0.260. The fraction of sp³-hybridized carbons (Fsp3) is 0.520. The Balaban J connectivity index is 2.29. The molecule has 1 aromatic rings. The normalized spacial score (nSPS) is 13.8. The van der Waals surface area contributed by atoms with Crippen molar-refractivity contribution < 1.29 is 9.90 Å². The van der Waals surface area contributed by atoms with Crippen LogP contribution in [0.5, 0.6) is 0 Å². The SMILES string of the molecule is CC(C)=CCCC(C)=CCCC(C)=CCCC(C)=CSCC(Nc1nccs1)C(=O)O. The van der Waals surface area contributed by atoms with Crippen LogP contribution in [-0.4, -0.2) is 27.9 Å². The zero-order valence-corrected chi connectivity index (χ0v) is 21.2. The summed E-state index contributed by atoms with van der Waals surface area (Å²) in [4.78, 5) is 15.5. The molecule has 172 valence electrons. The number of carboxylic acids is 1. The summed E-state index contributed by atoms with van der Waals surface area (Å²) in [5, 5.41) is 16.9. The second kappa shape index (κ2) is 15.9. The summed E-state index contributed by atoms with van der Waals surface area (Å²) in [6.45, 7) is 10.8. The molecule has 1 heterocycles. The van der Waals surface area contributed by atoms with Crippen LogP contribution in [0.1, 0.15) is 73.1 Å². The number of aliphatic carboxylic acids is 1. The Hall–Kier alpha value is -1.79. The monoisotopic (exact) mass is 462 g/mol. The van der Waals surface area contributed by atoms with Crippen LogP contribution in [0.3, 0.4) is 0 Å². The molecular weight excluding hydrogens is 424 g/mol. The van der Waals surface area contributed by atoms with Crippen LogP contribution in [0, 0.1) is 0 Å². The molecule has 0 spiro atoms. The predicted molar refractivity (Wildman–Crippen MR) is 138 cm³/mol. The lowest BCUT2D eigenvalue weighted by atomic mass is 10.0. The lowest BCUT2D eigenvalue weighted by Gasteiger charge is -2.12. The van der Waals surface area contributed by atoms with Crippen molar-refractivity contribution in [2.45, 2.75) is 79.2 Å². The Morgan fingerprint density at radius 1 is 1.03 bits per heavy atom. The molecule has 0 saturated carbocycles. The van der Waals surface area contributed by atoms with Gasteiger partial charge in [0.15, 0.2) is 5.13 Å². The van der Waals surface area contributed by atoms with Crippen LogP contribution in [0.15, 0.2) is 57.5 Å². The highest BCUT2D eigenvalue weighted by molar-refractivity contribution is 8.02. The lowest BCUT2D eigenvalue weighted by molar-refractivity contribution is -0.137. The smallest absolute Gasteiger partial charge is 0.327 e. The molecule has 0 amide bonds. The molecule has 0 fully saturated rings. The molecule has 0 saturated heterocycles. The third-order valence-electron chi connectivity index (χ3n) is 4.73. The maximum absolute atomic E-state index is 11.4. The number of thiazole rings is 1. The second-order valence-electron chi connectivity index (χ2n) is 8.17. The van der Waals surface area contributed by atoms with Gasteiger partial charge in [-0.15, -0.1) is 23.1 Å². The maximum Gasteiger partial charge on any atom is 0.327 e. The van der Waals surface area contributed by atoms with E-state index in [1.165, 1.54) is 33.6 Å². The summed E-state index contributed by atoms with van der Waals surface area (Å²) in [7, 11) is 0. The zero-order valence-electron chi connectivity index (χ0n) is 19.6. The van der Waals surface area contributed by atoms with E-state index >= 15 is 0 Å². The molecule has 0 aromatic carbocycles. The largest absolute Gasteiger partial charge is 0.480 e. The van der Waals surface area contributed by atoms with Gasteiger partial charge in [0, 0.05) is 17.3 Å². The van der Waals surface area contributed by atoms with Crippen molar-refractivity contribution in [3.8, 4) is 0 Å². The van der Waals surface area contributed by atoms with E-state index in [1.807, 2.05) is 5.38 Å². The number of hydrogen-bond acceptors (Lipinski definition) is 5. The molecular formula is C25H38N2O2S2. The summed E-state index contributed by atoms with van der Waals surface area (Å²) >= 11 is 2.95. The third kappa shape index (κ3) is 14.0. The third-order valence-corrected chi connectivity index (χ3v) is 6.53. The first kappa shape index (κ1) is 27.2. The number of rotatable bonds is 15. The van der Waals surface area contributed by atoms with Crippen molar-refractivity contribution >= 4 is 34.2 Å². The molecule has 0 radical (unpaired) electrons. The molecule has 0 aliphatic carbocycles. The van der Waals surface area contributed by atoms with Gasteiger partial charge < -0.3 is 10.4 Å². The van der Waals surface area contributed by atoms with Crippen LogP contribution >= 0.6 is 23.1 Å². The van der Waals surface area contributed by atoms with Gasteiger partial charge in [0.1, 0.15) is 6.04 Å². The minimum Gasteiger partial charge on any atom is -0.480 e. The first-order chi connectivity index (χ1) is 14.8. The summed E-state index contributed by atoms with van der Waals surface area (Å²) in [5.41, 5.74) is 5.59. The number of nitrogens with one attached hydrogen (secondary N) is 1. The number of allylic oxidation sites excluding steroid dienone is 7. The van der Waals surface area contributed by atoms with Gasteiger partial charge in [-0.2, -0.15) is 0 Å². The van der Waals surface area contributed by atoms with E-state index in [0.717, 1.165) is 38.5 Å². The van der Waals surface area contributed by atoms with Gasteiger partial charge in [-0.1, -0.05) is 40.5 Å². The Bertz CT molecular complexity index is 773. The second-order valence-corrected chi connectivity index (χ2v) is 9.97. The topological polar surface area (TPSA) is 62.2 Å². The maximum atomic E-state index is 11.4. The van der Waals surface area contributed by atoms with Crippen LogP contribution in [0.4, 0.5) is 5.13 Å². The summed E-state index contributed by atoms with van der Waals surface area (Å²) in [6, 6.07) is -0.638. The van der Waals surface area contributed by atoms with E-state index in [2.05, 4.69) is 68.6 Å².